The first-order valence-corrected chi connectivity index (χ1v) is 9.41. The van der Waals surface area contributed by atoms with Gasteiger partial charge in [-0.25, -0.2) is 0 Å². The van der Waals surface area contributed by atoms with E-state index >= 15 is 0 Å². The summed E-state index contributed by atoms with van der Waals surface area (Å²) in [5.74, 6) is 1.29. The van der Waals surface area contributed by atoms with Gasteiger partial charge in [0.2, 0.25) is 0 Å². The lowest BCUT2D eigenvalue weighted by Gasteiger charge is -2.38. The topological polar surface area (TPSA) is 27.6 Å². The van der Waals surface area contributed by atoms with Gasteiger partial charge >= 0.3 is 0 Å². The molecule has 1 saturated carbocycles. The highest BCUT2D eigenvalue weighted by molar-refractivity contribution is 8.13. The Balaban J connectivity index is 1.46. The number of aliphatic imine (C=N–C) groups is 1. The molecule has 0 aromatic rings. The van der Waals surface area contributed by atoms with Crippen LogP contribution >= 0.6 is 11.8 Å². The van der Waals surface area contributed by atoms with E-state index in [4.69, 9.17) is 4.99 Å². The van der Waals surface area contributed by atoms with E-state index in [1.807, 2.05) is 11.8 Å². The highest BCUT2D eigenvalue weighted by Gasteiger charge is 2.35. The third kappa shape index (κ3) is 3.70. The van der Waals surface area contributed by atoms with Gasteiger partial charge < -0.3 is 10.2 Å². The van der Waals surface area contributed by atoms with E-state index in [9.17, 15) is 0 Å². The van der Waals surface area contributed by atoms with E-state index in [0.717, 1.165) is 6.54 Å². The summed E-state index contributed by atoms with van der Waals surface area (Å²) >= 11 is 1.98. The molecule has 0 radical (unpaired) electrons. The van der Waals surface area contributed by atoms with Crippen LogP contribution in [0, 0.1) is 5.41 Å². The summed E-state index contributed by atoms with van der Waals surface area (Å²) in [5, 5.41) is 4.84. The highest BCUT2D eigenvalue weighted by Crippen LogP contribution is 2.41. The summed E-state index contributed by atoms with van der Waals surface area (Å²) in [6, 6.07) is 0.528. The van der Waals surface area contributed by atoms with Crippen molar-refractivity contribution in [2.24, 2.45) is 10.4 Å². The summed E-state index contributed by atoms with van der Waals surface area (Å²) in [6.07, 6.45) is 9.85. The molecule has 1 saturated heterocycles. The fraction of sp³-hybridized carbons (Fsp3) is 0.938. The van der Waals surface area contributed by atoms with Crippen molar-refractivity contribution in [2.75, 3.05) is 31.9 Å². The monoisotopic (exact) mass is 295 g/mol. The Morgan fingerprint density at radius 3 is 2.60 bits per heavy atom. The van der Waals surface area contributed by atoms with Gasteiger partial charge in [-0.05, 0) is 51.1 Å². The van der Waals surface area contributed by atoms with Gasteiger partial charge in [-0.2, -0.15) is 0 Å². The normalized spacial score (nSPS) is 28.4. The van der Waals surface area contributed by atoms with E-state index < -0.39 is 0 Å². The van der Waals surface area contributed by atoms with Gasteiger partial charge in [-0.15, -0.1) is 0 Å². The van der Waals surface area contributed by atoms with Gasteiger partial charge in [-0.3, -0.25) is 4.99 Å². The van der Waals surface area contributed by atoms with E-state index in [1.165, 1.54) is 75.5 Å². The molecule has 2 heterocycles. The summed E-state index contributed by atoms with van der Waals surface area (Å²) in [7, 11) is 0. The zero-order valence-corrected chi connectivity index (χ0v) is 13.7. The summed E-state index contributed by atoms with van der Waals surface area (Å²) in [5.41, 5.74) is 0.548. The molecule has 3 nitrogen and oxygen atoms in total. The lowest BCUT2D eigenvalue weighted by molar-refractivity contribution is 0.232. The van der Waals surface area contributed by atoms with Gasteiger partial charge in [0.15, 0.2) is 5.17 Å². The summed E-state index contributed by atoms with van der Waals surface area (Å²) in [4.78, 5) is 7.45. The van der Waals surface area contributed by atoms with Crippen molar-refractivity contribution in [1.82, 2.24) is 10.2 Å². The van der Waals surface area contributed by atoms with Crippen LogP contribution in [-0.2, 0) is 0 Å². The molecule has 3 rings (SSSR count). The molecule has 0 bridgehead atoms. The van der Waals surface area contributed by atoms with E-state index in [-0.39, 0.29) is 0 Å². The minimum atomic E-state index is 0.528. The molecule has 2 fully saturated rings. The molecular weight excluding hydrogens is 266 g/mol. The second-order valence-electron chi connectivity index (χ2n) is 7.02. The largest absolute Gasteiger partial charge is 0.361 e. The predicted molar refractivity (Wildman–Crippen MR) is 88.5 cm³/mol. The molecule has 20 heavy (non-hydrogen) atoms. The quantitative estimate of drug-likeness (QED) is 0.867. The molecular formula is C16H29N3S. The van der Waals surface area contributed by atoms with Crippen LogP contribution in [0.15, 0.2) is 4.99 Å². The Labute approximate surface area is 128 Å². The number of nitrogens with one attached hydrogen (secondary N) is 1. The van der Waals surface area contributed by atoms with Crippen LogP contribution in [-0.4, -0.2) is 48.0 Å². The number of amidine groups is 1. The Morgan fingerprint density at radius 2 is 1.95 bits per heavy atom. The molecule has 1 unspecified atom stereocenters. The minimum absolute atomic E-state index is 0.528. The Bertz CT molecular complexity index is 344. The molecule has 3 aliphatic rings. The SMILES string of the molecule is CC(CN1CCCC1)NC1=NCC2(CCCCC2)CS1. The Kier molecular flexibility index (Phi) is 4.92. The van der Waals surface area contributed by atoms with Gasteiger partial charge in [0.1, 0.15) is 0 Å². The number of hydrogen-bond acceptors (Lipinski definition) is 4. The lowest BCUT2D eigenvalue weighted by atomic mass is 9.75. The van der Waals surface area contributed by atoms with Crippen molar-refractivity contribution in [3.05, 3.63) is 0 Å². The first-order chi connectivity index (χ1) is 9.76. The second-order valence-corrected chi connectivity index (χ2v) is 7.99. The molecule has 0 aromatic heterocycles. The van der Waals surface area contributed by atoms with E-state index in [1.54, 1.807) is 0 Å². The van der Waals surface area contributed by atoms with Crippen molar-refractivity contribution in [2.45, 2.75) is 57.9 Å². The van der Waals surface area contributed by atoms with Gasteiger partial charge in [0.25, 0.3) is 0 Å². The van der Waals surface area contributed by atoms with Crippen LogP contribution in [0.5, 0.6) is 0 Å². The first kappa shape index (κ1) is 14.7. The van der Waals surface area contributed by atoms with Crippen LogP contribution in [0.3, 0.4) is 0 Å². The maximum atomic E-state index is 4.87. The maximum Gasteiger partial charge on any atom is 0.156 e. The fourth-order valence-corrected chi connectivity index (χ4v) is 5.12. The van der Waals surface area contributed by atoms with Crippen molar-refractivity contribution < 1.29 is 0 Å². The highest BCUT2D eigenvalue weighted by atomic mass is 32.2. The Morgan fingerprint density at radius 1 is 1.20 bits per heavy atom. The minimum Gasteiger partial charge on any atom is -0.361 e. The molecule has 4 heteroatoms. The van der Waals surface area contributed by atoms with Crippen molar-refractivity contribution in [3.63, 3.8) is 0 Å². The predicted octanol–water partition coefficient (Wildman–Crippen LogP) is 3.11. The first-order valence-electron chi connectivity index (χ1n) is 8.42. The van der Waals surface area contributed by atoms with Crippen molar-refractivity contribution in [1.29, 1.82) is 0 Å². The van der Waals surface area contributed by atoms with Crippen LogP contribution in [0.1, 0.15) is 51.9 Å². The van der Waals surface area contributed by atoms with Crippen molar-refractivity contribution >= 4 is 16.9 Å². The Hall–Kier alpha value is -0.220. The summed E-state index contributed by atoms with van der Waals surface area (Å²) < 4.78 is 0. The zero-order chi connectivity index (χ0) is 13.8. The summed E-state index contributed by atoms with van der Waals surface area (Å²) in [6.45, 7) is 7.11. The van der Waals surface area contributed by atoms with Crippen LogP contribution in [0.25, 0.3) is 0 Å². The number of thioether (sulfide) groups is 1. The van der Waals surface area contributed by atoms with E-state index in [2.05, 4.69) is 17.1 Å². The van der Waals surface area contributed by atoms with Gasteiger partial charge in [-0.1, -0.05) is 31.0 Å². The fourth-order valence-electron chi connectivity index (χ4n) is 3.85. The number of nitrogens with zero attached hydrogens (tertiary/aromatic N) is 2. The zero-order valence-electron chi connectivity index (χ0n) is 12.9. The molecule has 1 aliphatic carbocycles. The maximum absolute atomic E-state index is 4.87. The molecule has 2 aliphatic heterocycles. The molecule has 1 atom stereocenters. The number of hydrogen-bond donors (Lipinski definition) is 1. The molecule has 0 aromatic carbocycles. The van der Waals surface area contributed by atoms with Gasteiger partial charge in [0.05, 0.1) is 0 Å². The number of rotatable bonds is 3. The smallest absolute Gasteiger partial charge is 0.156 e. The molecule has 1 N–H and O–H groups in total. The van der Waals surface area contributed by atoms with Crippen LogP contribution in [0.2, 0.25) is 0 Å². The van der Waals surface area contributed by atoms with E-state index in [0.29, 0.717) is 11.5 Å². The lowest BCUT2D eigenvalue weighted by Crippen LogP contribution is -2.43. The molecule has 1 spiro atoms. The standard InChI is InChI=1S/C16H29N3S/c1-14(11-19-9-5-6-10-19)18-15-17-12-16(13-20-15)7-3-2-4-8-16/h14H,2-13H2,1H3,(H,17,18). The van der Waals surface area contributed by atoms with Gasteiger partial charge in [0, 0.05) is 24.9 Å². The van der Waals surface area contributed by atoms with Crippen LogP contribution < -0.4 is 5.32 Å². The third-order valence-corrected chi connectivity index (χ3v) is 6.37. The third-order valence-electron chi connectivity index (χ3n) is 5.09. The van der Waals surface area contributed by atoms with Crippen LogP contribution in [0.4, 0.5) is 0 Å². The average molecular weight is 295 g/mol. The van der Waals surface area contributed by atoms with Crippen molar-refractivity contribution in [3.8, 4) is 0 Å². The second kappa shape index (κ2) is 6.69. The number of likely N-dealkylation sites (tertiary alicyclic amines) is 1. The molecule has 114 valence electrons. The molecule has 0 amide bonds. The average Bonchev–Trinajstić information content (AvgIpc) is 2.95.